The van der Waals surface area contributed by atoms with E-state index in [9.17, 15) is 0 Å². The van der Waals surface area contributed by atoms with Gasteiger partial charge in [0.25, 0.3) is 0 Å². The highest BCUT2D eigenvalue weighted by molar-refractivity contribution is 9.10. The minimum Gasteiger partial charge on any atom is -0.489 e. The second kappa shape index (κ2) is 10.8. The average Bonchev–Trinajstić information content (AvgIpc) is 2.82. The lowest BCUT2D eigenvalue weighted by molar-refractivity contribution is 0.183. The lowest BCUT2D eigenvalue weighted by Crippen LogP contribution is -2.33. The number of aromatic nitrogens is 2. The molecule has 1 fully saturated rings. The van der Waals surface area contributed by atoms with E-state index in [2.05, 4.69) is 30.8 Å². The van der Waals surface area contributed by atoms with Gasteiger partial charge < -0.3 is 15.5 Å². The van der Waals surface area contributed by atoms with Crippen LogP contribution in [0.15, 0.2) is 59.3 Å². The van der Waals surface area contributed by atoms with E-state index in [-0.39, 0.29) is 0 Å². The van der Waals surface area contributed by atoms with Crippen molar-refractivity contribution in [1.29, 1.82) is 0 Å². The number of hydrogen-bond acceptors (Lipinski definition) is 7. The van der Waals surface area contributed by atoms with E-state index in [1.54, 1.807) is 17.4 Å². The monoisotopic (exact) mass is 496 g/mol. The molecule has 7 nitrogen and oxygen atoms in total. The number of hydrogen-bond donors (Lipinski definition) is 2. The largest absolute Gasteiger partial charge is 0.489 e. The molecule has 0 spiro atoms. The number of nitrogens with two attached hydrogens (primary N) is 2. The molecule has 3 aromatic rings. The Labute approximate surface area is 197 Å². The van der Waals surface area contributed by atoms with E-state index >= 15 is 0 Å². The van der Waals surface area contributed by atoms with Crippen molar-refractivity contribution in [2.75, 3.05) is 37.0 Å². The lowest BCUT2D eigenvalue weighted by atomic mass is 10.1. The summed E-state index contributed by atoms with van der Waals surface area (Å²) in [4.78, 5) is 11.4. The molecule has 2 aromatic carbocycles. The molecule has 0 bridgehead atoms. The molecule has 0 radical (unpaired) electrons. The van der Waals surface area contributed by atoms with Gasteiger partial charge >= 0.3 is 0 Å². The number of benzene rings is 2. The molecular formula is C24H29BrN6O. The molecule has 0 amide bonds. The van der Waals surface area contributed by atoms with Crippen molar-refractivity contribution >= 4 is 27.3 Å². The van der Waals surface area contributed by atoms with Crippen LogP contribution in [-0.2, 0) is 6.54 Å². The molecule has 168 valence electrons. The Morgan fingerprint density at radius 2 is 1.81 bits per heavy atom. The van der Waals surface area contributed by atoms with Gasteiger partial charge in [-0.05, 0) is 55.8 Å². The molecule has 0 unspecified atom stereocenters. The first-order chi connectivity index (χ1) is 15.6. The Kier molecular flexibility index (Phi) is 7.57. The maximum Gasteiger partial charge on any atom is 0.159 e. The summed E-state index contributed by atoms with van der Waals surface area (Å²) in [5, 5.41) is 1.64. The van der Waals surface area contributed by atoms with Gasteiger partial charge in [0.1, 0.15) is 6.61 Å². The number of anilines is 2. The minimum absolute atomic E-state index is 0.506. The van der Waals surface area contributed by atoms with Crippen molar-refractivity contribution < 1.29 is 4.74 Å². The van der Waals surface area contributed by atoms with Crippen LogP contribution in [0.2, 0.25) is 0 Å². The highest BCUT2D eigenvalue weighted by atomic mass is 79.9. The minimum atomic E-state index is 0.506. The number of ether oxygens (including phenoxy) is 1. The quantitative estimate of drug-likeness (QED) is 0.273. The third-order valence-corrected chi connectivity index (χ3v) is 6.09. The van der Waals surface area contributed by atoms with Gasteiger partial charge in [-0.15, -0.1) is 0 Å². The Bertz CT molecular complexity index is 1020. The Balaban J connectivity index is 1.36. The third kappa shape index (κ3) is 5.97. The van der Waals surface area contributed by atoms with Gasteiger partial charge in [-0.2, -0.15) is 0 Å². The van der Waals surface area contributed by atoms with Crippen molar-refractivity contribution in [2.24, 2.45) is 5.84 Å². The van der Waals surface area contributed by atoms with Crippen LogP contribution in [0, 0.1) is 0 Å². The van der Waals surface area contributed by atoms with Crippen LogP contribution >= 0.6 is 15.9 Å². The van der Waals surface area contributed by atoms with E-state index in [0.717, 1.165) is 27.8 Å². The zero-order chi connectivity index (χ0) is 22.3. The molecule has 0 atom stereocenters. The predicted molar refractivity (Wildman–Crippen MR) is 132 cm³/mol. The molecule has 32 heavy (non-hydrogen) atoms. The van der Waals surface area contributed by atoms with Gasteiger partial charge in [-0.1, -0.05) is 40.5 Å². The van der Waals surface area contributed by atoms with Crippen LogP contribution in [0.4, 0.5) is 11.4 Å². The highest BCUT2D eigenvalue weighted by Gasteiger charge is 2.11. The van der Waals surface area contributed by atoms with Gasteiger partial charge in [0.05, 0.1) is 30.3 Å². The summed E-state index contributed by atoms with van der Waals surface area (Å²) in [6.45, 7) is 4.45. The number of hydrazine groups is 1. The maximum atomic E-state index is 6.29. The van der Waals surface area contributed by atoms with Crippen molar-refractivity contribution in [3.63, 3.8) is 0 Å². The number of likely N-dealkylation sites (tertiary alicyclic amines) is 1. The molecule has 1 aromatic heterocycles. The molecule has 4 N–H and O–H groups in total. The van der Waals surface area contributed by atoms with E-state index in [1.165, 1.54) is 32.4 Å². The molecule has 0 saturated carbocycles. The van der Waals surface area contributed by atoms with Crippen molar-refractivity contribution in [1.82, 2.24) is 14.9 Å². The summed E-state index contributed by atoms with van der Waals surface area (Å²) in [5.41, 5.74) is 9.45. The zero-order valence-electron chi connectivity index (χ0n) is 18.1. The molecular weight excluding hydrogens is 468 g/mol. The fraction of sp³-hybridized carbons (Fsp3) is 0.333. The Hall–Kier alpha value is -2.68. The highest BCUT2D eigenvalue weighted by Crippen LogP contribution is 2.27. The molecule has 8 heteroatoms. The van der Waals surface area contributed by atoms with Crippen molar-refractivity contribution in [3.8, 4) is 17.1 Å². The zero-order valence-corrected chi connectivity index (χ0v) is 19.7. The molecule has 1 aliphatic heterocycles. The van der Waals surface area contributed by atoms with Gasteiger partial charge in [0.2, 0.25) is 0 Å². The summed E-state index contributed by atoms with van der Waals surface area (Å²) < 4.78 is 6.77. The summed E-state index contributed by atoms with van der Waals surface area (Å²) in [6, 6.07) is 13.7. The van der Waals surface area contributed by atoms with Crippen LogP contribution in [0.25, 0.3) is 11.4 Å². The smallest absolute Gasteiger partial charge is 0.159 e. The van der Waals surface area contributed by atoms with Crippen LogP contribution in [-0.4, -0.2) is 41.1 Å². The second-order valence-electron chi connectivity index (χ2n) is 8.02. The lowest BCUT2D eigenvalue weighted by Gasteiger charge is -2.26. The van der Waals surface area contributed by atoms with Gasteiger partial charge in [0, 0.05) is 16.6 Å². The van der Waals surface area contributed by atoms with Crippen LogP contribution in [0.5, 0.6) is 5.75 Å². The summed E-state index contributed by atoms with van der Waals surface area (Å²) >= 11 is 3.47. The summed E-state index contributed by atoms with van der Waals surface area (Å²) in [6.07, 6.45) is 7.39. The van der Waals surface area contributed by atoms with Crippen molar-refractivity contribution in [2.45, 2.75) is 25.8 Å². The average molecular weight is 497 g/mol. The molecule has 1 aliphatic rings. The van der Waals surface area contributed by atoms with E-state index in [0.29, 0.717) is 30.4 Å². The topological polar surface area (TPSA) is 93.5 Å². The third-order valence-electron chi connectivity index (χ3n) is 5.59. The SMILES string of the molecule is Nc1ccc(Br)cc1N(N)Cc1cccc(-c2ncc(OCCN3CCCCC3)cn2)c1. The first-order valence-corrected chi connectivity index (χ1v) is 11.7. The number of nitrogens with zero attached hydrogens (tertiary/aromatic N) is 4. The normalized spacial score (nSPS) is 14.3. The van der Waals surface area contributed by atoms with E-state index in [4.69, 9.17) is 16.3 Å². The summed E-state index contributed by atoms with van der Waals surface area (Å²) in [5.74, 6) is 7.64. The van der Waals surface area contributed by atoms with Crippen LogP contribution < -0.4 is 21.3 Å². The number of nitrogen functional groups attached to an aromatic ring is 1. The standard InChI is InChI=1S/C24H29BrN6O/c25-20-7-8-22(26)23(14-20)31(27)17-18-5-4-6-19(13-18)24-28-15-21(16-29-24)32-12-11-30-9-2-1-3-10-30/h4-8,13-16H,1-3,9-12,17,26-27H2. The van der Waals surface area contributed by atoms with Gasteiger partial charge in [0.15, 0.2) is 11.6 Å². The summed E-state index contributed by atoms with van der Waals surface area (Å²) in [7, 11) is 0. The van der Waals surface area contributed by atoms with Crippen molar-refractivity contribution in [3.05, 3.63) is 64.9 Å². The maximum absolute atomic E-state index is 6.29. The first-order valence-electron chi connectivity index (χ1n) is 10.9. The van der Waals surface area contributed by atoms with E-state index in [1.807, 2.05) is 42.5 Å². The first kappa shape index (κ1) is 22.5. The fourth-order valence-corrected chi connectivity index (χ4v) is 4.22. The number of rotatable bonds is 8. The van der Waals surface area contributed by atoms with Gasteiger partial charge in [-0.3, -0.25) is 4.90 Å². The number of halogens is 1. The molecule has 0 aliphatic carbocycles. The second-order valence-corrected chi connectivity index (χ2v) is 8.94. The molecule has 4 rings (SSSR count). The fourth-order valence-electron chi connectivity index (χ4n) is 3.87. The number of piperidine rings is 1. The molecule has 1 saturated heterocycles. The Morgan fingerprint density at radius 3 is 2.59 bits per heavy atom. The Morgan fingerprint density at radius 1 is 1.03 bits per heavy atom. The molecule has 2 heterocycles. The van der Waals surface area contributed by atoms with Gasteiger partial charge in [-0.25, -0.2) is 15.8 Å². The predicted octanol–water partition coefficient (Wildman–Crippen LogP) is 4.23. The van der Waals surface area contributed by atoms with Crippen LogP contribution in [0.3, 0.4) is 0 Å². The van der Waals surface area contributed by atoms with Crippen LogP contribution in [0.1, 0.15) is 24.8 Å². The van der Waals surface area contributed by atoms with E-state index < -0.39 is 0 Å².